The largest absolute Gasteiger partial charge is 0.383 e. The second-order valence-electron chi connectivity index (χ2n) is 6.57. The van der Waals surface area contributed by atoms with Crippen LogP contribution in [0.2, 0.25) is 0 Å². The van der Waals surface area contributed by atoms with Gasteiger partial charge in [0, 0.05) is 29.4 Å². The van der Waals surface area contributed by atoms with E-state index in [1.807, 2.05) is 26.0 Å². The predicted octanol–water partition coefficient (Wildman–Crippen LogP) is 2.91. The van der Waals surface area contributed by atoms with Gasteiger partial charge >= 0.3 is 0 Å². The average molecular weight is 353 g/mol. The first-order chi connectivity index (χ1) is 12.4. The minimum atomic E-state index is -0.143. The van der Waals surface area contributed by atoms with Gasteiger partial charge in [0.2, 0.25) is 5.43 Å². The fourth-order valence-corrected chi connectivity index (χ4v) is 3.56. The molecule has 0 fully saturated rings. The Hall–Kier alpha value is -2.73. The van der Waals surface area contributed by atoms with Crippen molar-refractivity contribution < 1.29 is 9.53 Å². The molecule has 136 valence electrons. The van der Waals surface area contributed by atoms with Gasteiger partial charge in [-0.2, -0.15) is 5.10 Å². The van der Waals surface area contributed by atoms with Crippen LogP contribution in [0.1, 0.15) is 34.7 Å². The number of para-hydroxylation sites is 1. The summed E-state index contributed by atoms with van der Waals surface area (Å²) in [6, 6.07) is 9.25. The topological polar surface area (TPSA) is 66.1 Å². The molecule has 6 heteroatoms. The average Bonchev–Trinajstić information content (AvgIpc) is 2.92. The summed E-state index contributed by atoms with van der Waals surface area (Å²) < 4.78 is 8.95. The number of benzene rings is 1. The molecule has 2 aromatic heterocycles. The standard InChI is InChI=1S/C20H23N3O3/c1-13-9-17(15(3)23(13)14(2)12-26-4)20(25)11-22-18-8-6-5-7-16(18)19(24)10-21-22/h5-10,14H,11-12H2,1-4H3/t14-/m0/s1. The van der Waals surface area contributed by atoms with Crippen LogP contribution >= 0.6 is 0 Å². The lowest BCUT2D eigenvalue weighted by molar-refractivity contribution is 0.0967. The Labute approximate surface area is 152 Å². The number of ketones is 1. The maximum Gasteiger partial charge on any atom is 0.207 e. The molecular formula is C20H23N3O3. The molecule has 0 saturated heterocycles. The summed E-state index contributed by atoms with van der Waals surface area (Å²) in [6.45, 7) is 6.67. The van der Waals surface area contributed by atoms with Crippen LogP contribution in [0.3, 0.4) is 0 Å². The fourth-order valence-electron chi connectivity index (χ4n) is 3.56. The van der Waals surface area contributed by atoms with Crippen molar-refractivity contribution in [2.75, 3.05) is 13.7 Å². The van der Waals surface area contributed by atoms with Gasteiger partial charge in [0.15, 0.2) is 5.78 Å². The summed E-state index contributed by atoms with van der Waals surface area (Å²) in [5.41, 5.74) is 3.14. The number of Topliss-reactive ketones (excluding diaryl/α,β-unsaturated/α-hetero) is 1. The van der Waals surface area contributed by atoms with Crippen LogP contribution in [0.4, 0.5) is 0 Å². The maximum absolute atomic E-state index is 12.9. The molecule has 3 aromatic rings. The quantitative estimate of drug-likeness (QED) is 0.639. The Morgan fingerprint density at radius 3 is 2.73 bits per heavy atom. The molecule has 3 rings (SSSR count). The molecule has 0 aliphatic rings. The molecule has 0 bridgehead atoms. The van der Waals surface area contributed by atoms with Gasteiger partial charge in [-0.1, -0.05) is 12.1 Å². The molecule has 6 nitrogen and oxygen atoms in total. The van der Waals surface area contributed by atoms with Crippen LogP contribution in [-0.2, 0) is 11.3 Å². The fraction of sp³-hybridized carbons (Fsp3) is 0.350. The number of aryl methyl sites for hydroxylation is 1. The van der Waals surface area contributed by atoms with Crippen LogP contribution in [-0.4, -0.2) is 33.8 Å². The summed E-state index contributed by atoms with van der Waals surface area (Å²) in [5, 5.41) is 4.72. The Bertz CT molecular complexity index is 1020. The molecule has 1 aromatic carbocycles. The van der Waals surface area contributed by atoms with Crippen molar-refractivity contribution in [2.45, 2.75) is 33.4 Å². The van der Waals surface area contributed by atoms with Crippen LogP contribution in [0.25, 0.3) is 10.9 Å². The first-order valence-electron chi connectivity index (χ1n) is 8.59. The van der Waals surface area contributed by atoms with E-state index in [0.29, 0.717) is 23.1 Å². The maximum atomic E-state index is 12.9. The van der Waals surface area contributed by atoms with Gasteiger partial charge in [-0.25, -0.2) is 0 Å². The molecule has 0 aliphatic heterocycles. The van der Waals surface area contributed by atoms with Crippen molar-refractivity contribution in [1.82, 2.24) is 14.3 Å². The summed E-state index contributed by atoms with van der Waals surface area (Å²) in [6.07, 6.45) is 1.26. The molecule has 0 spiro atoms. The van der Waals surface area contributed by atoms with Gasteiger partial charge in [-0.3, -0.25) is 14.3 Å². The zero-order valence-electron chi connectivity index (χ0n) is 15.5. The second-order valence-corrected chi connectivity index (χ2v) is 6.57. The normalized spacial score (nSPS) is 12.5. The van der Waals surface area contributed by atoms with E-state index in [1.54, 1.807) is 30.0 Å². The third-order valence-electron chi connectivity index (χ3n) is 4.69. The molecule has 1 atom stereocenters. The molecule has 26 heavy (non-hydrogen) atoms. The van der Waals surface area contributed by atoms with Crippen molar-refractivity contribution in [1.29, 1.82) is 0 Å². The Balaban J connectivity index is 1.96. The lowest BCUT2D eigenvalue weighted by atomic mass is 10.1. The van der Waals surface area contributed by atoms with Gasteiger partial charge in [0.05, 0.1) is 24.4 Å². The number of rotatable bonds is 6. The minimum absolute atomic E-state index is 0.0322. The van der Waals surface area contributed by atoms with Gasteiger partial charge in [-0.15, -0.1) is 0 Å². The molecule has 0 saturated carbocycles. The molecular weight excluding hydrogens is 330 g/mol. The zero-order valence-corrected chi connectivity index (χ0v) is 15.5. The SMILES string of the molecule is COC[C@H](C)n1c(C)cc(C(=O)Cn2ncc(=O)c3ccccc32)c1C. The van der Waals surface area contributed by atoms with Gasteiger partial charge < -0.3 is 9.30 Å². The third-order valence-corrected chi connectivity index (χ3v) is 4.69. The van der Waals surface area contributed by atoms with E-state index < -0.39 is 0 Å². The van der Waals surface area contributed by atoms with Gasteiger partial charge in [0.25, 0.3) is 0 Å². The highest BCUT2D eigenvalue weighted by molar-refractivity contribution is 5.98. The minimum Gasteiger partial charge on any atom is -0.383 e. The van der Waals surface area contributed by atoms with E-state index in [0.717, 1.165) is 11.4 Å². The Kier molecular flexibility index (Phi) is 5.04. The van der Waals surface area contributed by atoms with Crippen molar-refractivity contribution in [3.8, 4) is 0 Å². The molecule has 0 unspecified atom stereocenters. The van der Waals surface area contributed by atoms with E-state index in [-0.39, 0.29) is 23.8 Å². The van der Waals surface area contributed by atoms with E-state index in [4.69, 9.17) is 4.74 Å². The number of carbonyl (C=O) groups excluding carboxylic acids is 1. The molecule has 2 heterocycles. The summed E-state index contributed by atoms with van der Waals surface area (Å²) in [4.78, 5) is 24.9. The van der Waals surface area contributed by atoms with E-state index in [2.05, 4.69) is 16.6 Å². The van der Waals surface area contributed by atoms with Gasteiger partial charge in [0.1, 0.15) is 6.54 Å². The number of hydrogen-bond acceptors (Lipinski definition) is 4. The smallest absolute Gasteiger partial charge is 0.207 e. The highest BCUT2D eigenvalue weighted by Gasteiger charge is 2.19. The van der Waals surface area contributed by atoms with Crippen LogP contribution < -0.4 is 5.43 Å². The number of nitrogens with zero attached hydrogens (tertiary/aromatic N) is 3. The Morgan fingerprint density at radius 2 is 2.00 bits per heavy atom. The lowest BCUT2D eigenvalue weighted by Crippen LogP contribution is -2.18. The predicted molar refractivity (Wildman–Crippen MR) is 101 cm³/mol. The number of aromatic nitrogens is 3. The van der Waals surface area contributed by atoms with Crippen molar-refractivity contribution in [2.24, 2.45) is 0 Å². The van der Waals surface area contributed by atoms with Crippen molar-refractivity contribution in [3.63, 3.8) is 0 Å². The van der Waals surface area contributed by atoms with Crippen LogP contribution in [0.15, 0.2) is 41.3 Å². The van der Waals surface area contributed by atoms with Gasteiger partial charge in [-0.05, 0) is 39.0 Å². The first kappa shape index (κ1) is 18.1. The number of ether oxygens (including phenoxy) is 1. The highest BCUT2D eigenvalue weighted by atomic mass is 16.5. The number of hydrogen-bond donors (Lipinski definition) is 0. The van der Waals surface area contributed by atoms with Crippen LogP contribution in [0.5, 0.6) is 0 Å². The number of carbonyl (C=O) groups is 1. The molecule has 0 aliphatic carbocycles. The lowest BCUT2D eigenvalue weighted by Gasteiger charge is -2.17. The second kappa shape index (κ2) is 7.25. The first-order valence-corrected chi connectivity index (χ1v) is 8.59. The van der Waals surface area contributed by atoms with E-state index in [1.165, 1.54) is 6.20 Å². The third kappa shape index (κ3) is 3.20. The number of methoxy groups -OCH3 is 1. The van der Waals surface area contributed by atoms with E-state index in [9.17, 15) is 9.59 Å². The summed E-state index contributed by atoms with van der Waals surface area (Å²) in [7, 11) is 1.67. The zero-order chi connectivity index (χ0) is 18.8. The summed E-state index contributed by atoms with van der Waals surface area (Å²) in [5.74, 6) is -0.0322. The number of fused-ring (bicyclic) bond motifs is 1. The molecule has 0 N–H and O–H groups in total. The summed E-state index contributed by atoms with van der Waals surface area (Å²) >= 11 is 0. The van der Waals surface area contributed by atoms with Crippen molar-refractivity contribution in [3.05, 3.63) is 63.7 Å². The van der Waals surface area contributed by atoms with E-state index >= 15 is 0 Å². The van der Waals surface area contributed by atoms with Crippen molar-refractivity contribution >= 4 is 16.7 Å². The van der Waals surface area contributed by atoms with Crippen LogP contribution in [0, 0.1) is 13.8 Å². The Morgan fingerprint density at radius 1 is 1.27 bits per heavy atom. The molecule has 0 radical (unpaired) electrons. The molecule has 0 amide bonds. The monoisotopic (exact) mass is 353 g/mol. The highest BCUT2D eigenvalue weighted by Crippen LogP contribution is 2.22.